The SMILES string of the molecule is O=S(=O)(N/N=C/c1ccccc1COc1ccccc1)c1ccc(Br)cc1. The molecule has 0 atom stereocenters. The standard InChI is InChI=1S/C20H17BrN2O3S/c21-18-10-12-20(13-11-18)27(24,25)23-22-14-16-6-4-5-7-17(16)15-26-19-8-2-1-3-9-19/h1-14,23H,15H2/b22-14+. The summed E-state index contributed by atoms with van der Waals surface area (Å²) in [5.74, 6) is 0.764. The molecule has 0 unspecified atom stereocenters. The van der Waals surface area contributed by atoms with Crippen LogP contribution in [0.2, 0.25) is 0 Å². The molecule has 0 saturated carbocycles. The lowest BCUT2D eigenvalue weighted by molar-refractivity contribution is 0.306. The van der Waals surface area contributed by atoms with E-state index < -0.39 is 10.0 Å². The second-order valence-electron chi connectivity index (χ2n) is 5.61. The van der Waals surface area contributed by atoms with Gasteiger partial charge in [-0.25, -0.2) is 4.83 Å². The van der Waals surface area contributed by atoms with Gasteiger partial charge in [-0.05, 0) is 42.0 Å². The number of rotatable bonds is 7. The molecule has 0 radical (unpaired) electrons. The number of halogens is 1. The Bertz CT molecular complexity index is 1020. The van der Waals surface area contributed by atoms with Gasteiger partial charge in [-0.15, -0.1) is 0 Å². The summed E-state index contributed by atoms with van der Waals surface area (Å²) >= 11 is 3.28. The minimum atomic E-state index is -3.72. The van der Waals surface area contributed by atoms with Gasteiger partial charge in [0.15, 0.2) is 0 Å². The molecule has 27 heavy (non-hydrogen) atoms. The van der Waals surface area contributed by atoms with Gasteiger partial charge >= 0.3 is 0 Å². The molecule has 0 aromatic heterocycles. The minimum Gasteiger partial charge on any atom is -0.489 e. The van der Waals surface area contributed by atoms with Crippen molar-refractivity contribution >= 4 is 32.2 Å². The van der Waals surface area contributed by atoms with Crippen LogP contribution in [0.15, 0.2) is 93.3 Å². The summed E-state index contributed by atoms with van der Waals surface area (Å²) in [5, 5.41) is 3.90. The van der Waals surface area contributed by atoms with Gasteiger partial charge in [0, 0.05) is 10.0 Å². The quantitative estimate of drug-likeness (QED) is 0.435. The van der Waals surface area contributed by atoms with Crippen molar-refractivity contribution in [2.24, 2.45) is 5.10 Å². The van der Waals surface area contributed by atoms with E-state index in [4.69, 9.17) is 4.74 Å². The molecule has 3 aromatic carbocycles. The van der Waals surface area contributed by atoms with Crippen molar-refractivity contribution in [3.8, 4) is 5.75 Å². The molecule has 0 spiro atoms. The average molecular weight is 445 g/mol. The van der Waals surface area contributed by atoms with Crippen LogP contribution in [0.3, 0.4) is 0 Å². The number of hydrogen-bond donors (Lipinski definition) is 1. The van der Waals surface area contributed by atoms with E-state index in [-0.39, 0.29) is 4.90 Å². The first-order valence-corrected chi connectivity index (χ1v) is 10.4. The molecule has 3 rings (SSSR count). The highest BCUT2D eigenvalue weighted by Crippen LogP contribution is 2.15. The summed E-state index contributed by atoms with van der Waals surface area (Å²) in [7, 11) is -3.72. The molecule has 0 aliphatic carbocycles. The Balaban J connectivity index is 1.69. The zero-order valence-electron chi connectivity index (χ0n) is 14.2. The molecule has 0 amide bonds. The number of nitrogens with zero attached hydrogens (tertiary/aromatic N) is 1. The molecular formula is C20H17BrN2O3S. The van der Waals surface area contributed by atoms with Crippen molar-refractivity contribution in [2.75, 3.05) is 0 Å². The van der Waals surface area contributed by atoms with Crippen molar-refractivity contribution in [2.45, 2.75) is 11.5 Å². The van der Waals surface area contributed by atoms with Crippen molar-refractivity contribution in [3.05, 3.63) is 94.5 Å². The number of hydrazone groups is 1. The smallest absolute Gasteiger partial charge is 0.276 e. The predicted octanol–water partition coefficient (Wildman–Crippen LogP) is 4.34. The van der Waals surface area contributed by atoms with Gasteiger partial charge in [-0.1, -0.05) is 58.4 Å². The second kappa shape index (κ2) is 8.83. The fraction of sp³-hybridized carbons (Fsp3) is 0.0500. The van der Waals surface area contributed by atoms with Crippen molar-refractivity contribution in [1.82, 2.24) is 4.83 Å². The van der Waals surface area contributed by atoms with E-state index in [1.54, 1.807) is 12.1 Å². The van der Waals surface area contributed by atoms with Gasteiger partial charge < -0.3 is 4.74 Å². The maximum Gasteiger partial charge on any atom is 0.276 e. The third-order valence-corrected chi connectivity index (χ3v) is 5.46. The lowest BCUT2D eigenvalue weighted by atomic mass is 10.1. The highest BCUT2D eigenvalue weighted by atomic mass is 79.9. The van der Waals surface area contributed by atoms with E-state index in [0.717, 1.165) is 21.3 Å². The molecule has 7 heteroatoms. The summed E-state index contributed by atoms with van der Waals surface area (Å²) in [6.07, 6.45) is 1.47. The van der Waals surface area contributed by atoms with E-state index >= 15 is 0 Å². The largest absolute Gasteiger partial charge is 0.489 e. The molecule has 138 valence electrons. The first-order valence-electron chi connectivity index (χ1n) is 8.11. The Labute approximate surface area is 166 Å². The van der Waals surface area contributed by atoms with Gasteiger partial charge in [0.1, 0.15) is 12.4 Å². The van der Waals surface area contributed by atoms with E-state index in [2.05, 4.69) is 25.9 Å². The number of ether oxygens (including phenoxy) is 1. The highest BCUT2D eigenvalue weighted by molar-refractivity contribution is 9.10. The first kappa shape index (κ1) is 19.1. The zero-order chi connectivity index (χ0) is 19.1. The van der Waals surface area contributed by atoms with Crippen LogP contribution in [0, 0.1) is 0 Å². The summed E-state index contributed by atoms with van der Waals surface area (Å²) in [6.45, 7) is 0.353. The molecule has 0 aliphatic rings. The van der Waals surface area contributed by atoms with Crippen LogP contribution >= 0.6 is 15.9 Å². The lowest BCUT2D eigenvalue weighted by Gasteiger charge is -2.08. The van der Waals surface area contributed by atoms with Crippen LogP contribution in [-0.2, 0) is 16.6 Å². The van der Waals surface area contributed by atoms with Crippen LogP contribution in [0.4, 0.5) is 0 Å². The second-order valence-corrected chi connectivity index (χ2v) is 8.18. The molecule has 0 fully saturated rings. The monoisotopic (exact) mass is 444 g/mol. The first-order chi connectivity index (χ1) is 13.0. The van der Waals surface area contributed by atoms with E-state index in [9.17, 15) is 8.42 Å². The van der Waals surface area contributed by atoms with Crippen LogP contribution in [0.5, 0.6) is 5.75 Å². The maximum atomic E-state index is 12.3. The highest BCUT2D eigenvalue weighted by Gasteiger charge is 2.12. The normalized spacial score (nSPS) is 11.4. The zero-order valence-corrected chi connectivity index (χ0v) is 16.7. The molecule has 5 nitrogen and oxygen atoms in total. The molecular weight excluding hydrogens is 428 g/mol. The lowest BCUT2D eigenvalue weighted by Crippen LogP contribution is -2.18. The summed E-state index contributed by atoms with van der Waals surface area (Å²) in [5.41, 5.74) is 1.67. The predicted molar refractivity (Wildman–Crippen MR) is 109 cm³/mol. The Morgan fingerprint density at radius 3 is 2.33 bits per heavy atom. The van der Waals surface area contributed by atoms with E-state index in [0.29, 0.717) is 6.61 Å². The van der Waals surface area contributed by atoms with Crippen LogP contribution in [0.25, 0.3) is 0 Å². The molecule has 0 aliphatic heterocycles. The van der Waals surface area contributed by atoms with E-state index in [1.807, 2.05) is 54.6 Å². The summed E-state index contributed by atoms with van der Waals surface area (Å²) < 4.78 is 31.1. The number of nitrogens with one attached hydrogen (secondary N) is 1. The number of hydrogen-bond acceptors (Lipinski definition) is 4. The molecule has 3 aromatic rings. The van der Waals surface area contributed by atoms with Crippen molar-refractivity contribution in [1.29, 1.82) is 0 Å². The average Bonchev–Trinajstić information content (AvgIpc) is 2.68. The Morgan fingerprint density at radius 2 is 1.59 bits per heavy atom. The van der Waals surface area contributed by atoms with E-state index in [1.165, 1.54) is 18.3 Å². The molecule has 0 heterocycles. The topological polar surface area (TPSA) is 67.8 Å². The Morgan fingerprint density at radius 1 is 0.926 bits per heavy atom. The molecule has 0 saturated heterocycles. The Hall–Kier alpha value is -2.64. The van der Waals surface area contributed by atoms with Crippen molar-refractivity contribution < 1.29 is 13.2 Å². The van der Waals surface area contributed by atoms with Gasteiger partial charge in [0.05, 0.1) is 11.1 Å². The molecule has 0 bridgehead atoms. The third-order valence-electron chi connectivity index (χ3n) is 3.69. The van der Waals surface area contributed by atoms with Crippen LogP contribution in [0.1, 0.15) is 11.1 Å². The number of para-hydroxylation sites is 1. The van der Waals surface area contributed by atoms with Gasteiger partial charge in [0.2, 0.25) is 0 Å². The van der Waals surface area contributed by atoms with Crippen molar-refractivity contribution in [3.63, 3.8) is 0 Å². The number of sulfonamides is 1. The summed E-state index contributed by atoms with van der Waals surface area (Å²) in [4.78, 5) is 2.37. The third kappa shape index (κ3) is 5.42. The van der Waals surface area contributed by atoms with Gasteiger partial charge in [-0.3, -0.25) is 0 Å². The number of benzene rings is 3. The molecule has 1 N–H and O–H groups in total. The summed E-state index contributed by atoms with van der Waals surface area (Å²) in [6, 6.07) is 23.3. The Kier molecular flexibility index (Phi) is 6.26. The maximum absolute atomic E-state index is 12.3. The van der Waals surface area contributed by atoms with Crippen LogP contribution in [-0.4, -0.2) is 14.6 Å². The fourth-order valence-electron chi connectivity index (χ4n) is 2.30. The van der Waals surface area contributed by atoms with Crippen LogP contribution < -0.4 is 9.57 Å². The van der Waals surface area contributed by atoms with Gasteiger partial charge in [-0.2, -0.15) is 13.5 Å². The fourth-order valence-corrected chi connectivity index (χ4v) is 3.36. The van der Waals surface area contributed by atoms with Gasteiger partial charge in [0.25, 0.3) is 10.0 Å². The minimum absolute atomic E-state index is 0.142.